The molecule has 1 aliphatic heterocycles. The predicted molar refractivity (Wildman–Crippen MR) is 77.0 cm³/mol. The fraction of sp³-hybridized carbons (Fsp3) is 0.533. The van der Waals surface area contributed by atoms with Gasteiger partial charge in [-0.2, -0.15) is 0 Å². The maximum absolute atomic E-state index is 12.6. The first-order chi connectivity index (χ1) is 9.63. The second kappa shape index (κ2) is 6.61. The average Bonchev–Trinajstić information content (AvgIpc) is 2.47. The molecule has 0 unspecified atom stereocenters. The zero-order valence-electron chi connectivity index (χ0n) is 11.8. The molecule has 1 aliphatic rings. The monoisotopic (exact) mass is 278 g/mol. The van der Waals surface area contributed by atoms with Crippen molar-refractivity contribution in [1.29, 1.82) is 0 Å². The standard InChI is InChI=1S/C15H22N2O3/c1-2-9-17(11-5-7-16-8-6-11)15(20)13-10-12(18)3-4-14(13)19/h3-4,10-11,16,18-19H,2,5-9H2,1H3. The molecule has 0 spiro atoms. The Morgan fingerprint density at radius 3 is 2.70 bits per heavy atom. The molecule has 0 saturated carbocycles. The quantitative estimate of drug-likeness (QED) is 0.733. The minimum atomic E-state index is -0.202. The molecule has 5 nitrogen and oxygen atoms in total. The number of aromatic hydroxyl groups is 2. The van der Waals surface area contributed by atoms with E-state index in [1.54, 1.807) is 0 Å². The first-order valence-corrected chi connectivity index (χ1v) is 7.17. The number of carbonyl (C=O) groups excluding carboxylic acids is 1. The summed E-state index contributed by atoms with van der Waals surface area (Å²) in [6.07, 6.45) is 2.71. The molecule has 5 heteroatoms. The number of hydrogen-bond donors (Lipinski definition) is 3. The highest BCUT2D eigenvalue weighted by atomic mass is 16.3. The van der Waals surface area contributed by atoms with Gasteiger partial charge in [-0.15, -0.1) is 0 Å². The number of benzene rings is 1. The third-order valence-corrected chi connectivity index (χ3v) is 3.69. The zero-order chi connectivity index (χ0) is 14.5. The lowest BCUT2D eigenvalue weighted by atomic mass is 10.0. The van der Waals surface area contributed by atoms with Gasteiger partial charge < -0.3 is 20.4 Å². The molecule has 1 saturated heterocycles. The molecule has 1 heterocycles. The Balaban J connectivity index is 2.23. The second-order valence-electron chi connectivity index (χ2n) is 5.18. The minimum Gasteiger partial charge on any atom is -0.508 e. The average molecular weight is 278 g/mol. The van der Waals surface area contributed by atoms with Gasteiger partial charge in [-0.1, -0.05) is 6.92 Å². The fourth-order valence-corrected chi connectivity index (χ4v) is 2.66. The van der Waals surface area contributed by atoms with Gasteiger partial charge in [0.25, 0.3) is 5.91 Å². The Morgan fingerprint density at radius 2 is 2.05 bits per heavy atom. The van der Waals surface area contributed by atoms with E-state index in [4.69, 9.17) is 0 Å². The van der Waals surface area contributed by atoms with E-state index < -0.39 is 0 Å². The van der Waals surface area contributed by atoms with Gasteiger partial charge in [0.2, 0.25) is 0 Å². The SMILES string of the molecule is CCCN(C(=O)c1cc(O)ccc1O)C1CCNCC1. The lowest BCUT2D eigenvalue weighted by Gasteiger charge is -2.34. The van der Waals surface area contributed by atoms with Crippen LogP contribution >= 0.6 is 0 Å². The van der Waals surface area contributed by atoms with Crippen LogP contribution in [-0.2, 0) is 0 Å². The molecule has 0 bridgehead atoms. The molecule has 0 atom stereocenters. The molecule has 20 heavy (non-hydrogen) atoms. The minimum absolute atomic E-state index is 0.00657. The van der Waals surface area contributed by atoms with Crippen LogP contribution in [0.3, 0.4) is 0 Å². The van der Waals surface area contributed by atoms with Crippen LogP contribution in [-0.4, -0.2) is 46.7 Å². The van der Waals surface area contributed by atoms with E-state index >= 15 is 0 Å². The Hall–Kier alpha value is -1.75. The summed E-state index contributed by atoms with van der Waals surface area (Å²) in [6.45, 7) is 4.51. The highest BCUT2D eigenvalue weighted by molar-refractivity contribution is 5.97. The van der Waals surface area contributed by atoms with Crippen LogP contribution in [0.1, 0.15) is 36.5 Å². The number of rotatable bonds is 4. The van der Waals surface area contributed by atoms with Crippen LogP contribution in [0.2, 0.25) is 0 Å². The summed E-state index contributed by atoms with van der Waals surface area (Å²) in [6, 6.07) is 4.27. The Bertz CT molecular complexity index is 470. The molecular weight excluding hydrogens is 256 g/mol. The molecule has 0 aromatic heterocycles. The Labute approximate surface area is 119 Å². The summed E-state index contributed by atoms with van der Waals surface area (Å²) >= 11 is 0. The number of hydrogen-bond acceptors (Lipinski definition) is 4. The molecule has 0 aliphatic carbocycles. The van der Waals surface area contributed by atoms with Crippen molar-refractivity contribution in [3.8, 4) is 11.5 Å². The summed E-state index contributed by atoms with van der Waals surface area (Å²) in [5, 5.41) is 22.7. The van der Waals surface area contributed by atoms with Crippen LogP contribution in [0, 0.1) is 0 Å². The van der Waals surface area contributed by atoms with E-state index in [1.165, 1.54) is 18.2 Å². The Morgan fingerprint density at radius 1 is 1.35 bits per heavy atom. The fourth-order valence-electron chi connectivity index (χ4n) is 2.66. The second-order valence-corrected chi connectivity index (χ2v) is 5.18. The van der Waals surface area contributed by atoms with Gasteiger partial charge in [-0.25, -0.2) is 0 Å². The van der Waals surface area contributed by atoms with Crippen LogP contribution in [0.25, 0.3) is 0 Å². The predicted octanol–water partition coefficient (Wildman–Crippen LogP) is 1.70. The topological polar surface area (TPSA) is 72.8 Å². The van der Waals surface area contributed by atoms with E-state index in [2.05, 4.69) is 5.32 Å². The van der Waals surface area contributed by atoms with Gasteiger partial charge in [-0.05, 0) is 50.6 Å². The van der Waals surface area contributed by atoms with Gasteiger partial charge in [0.1, 0.15) is 11.5 Å². The number of nitrogens with zero attached hydrogens (tertiary/aromatic N) is 1. The maximum atomic E-state index is 12.6. The van der Waals surface area contributed by atoms with Crippen LogP contribution in [0.4, 0.5) is 0 Å². The maximum Gasteiger partial charge on any atom is 0.257 e. The summed E-state index contributed by atoms with van der Waals surface area (Å²) in [5.41, 5.74) is 0.178. The van der Waals surface area contributed by atoms with Crippen molar-refractivity contribution in [1.82, 2.24) is 10.2 Å². The van der Waals surface area contributed by atoms with E-state index in [-0.39, 0.29) is 29.0 Å². The highest BCUT2D eigenvalue weighted by Gasteiger charge is 2.27. The molecule has 110 valence electrons. The van der Waals surface area contributed by atoms with Crippen molar-refractivity contribution in [2.24, 2.45) is 0 Å². The summed E-state index contributed by atoms with van der Waals surface area (Å²) < 4.78 is 0. The third-order valence-electron chi connectivity index (χ3n) is 3.69. The smallest absolute Gasteiger partial charge is 0.257 e. The molecule has 2 rings (SSSR count). The van der Waals surface area contributed by atoms with E-state index in [0.717, 1.165) is 32.4 Å². The van der Waals surface area contributed by atoms with Crippen molar-refractivity contribution >= 4 is 5.91 Å². The number of amides is 1. The molecule has 1 aromatic carbocycles. The van der Waals surface area contributed by atoms with Crippen molar-refractivity contribution in [2.75, 3.05) is 19.6 Å². The lowest BCUT2D eigenvalue weighted by molar-refractivity contribution is 0.0639. The van der Waals surface area contributed by atoms with Gasteiger partial charge >= 0.3 is 0 Å². The van der Waals surface area contributed by atoms with Crippen molar-refractivity contribution in [3.05, 3.63) is 23.8 Å². The Kier molecular flexibility index (Phi) is 4.84. The summed E-state index contributed by atoms with van der Waals surface area (Å²) in [5.74, 6) is -0.289. The van der Waals surface area contributed by atoms with Gasteiger partial charge in [0.15, 0.2) is 0 Å². The van der Waals surface area contributed by atoms with Crippen LogP contribution < -0.4 is 5.32 Å². The van der Waals surface area contributed by atoms with Crippen LogP contribution in [0.15, 0.2) is 18.2 Å². The summed E-state index contributed by atoms with van der Waals surface area (Å²) in [4.78, 5) is 14.5. The van der Waals surface area contributed by atoms with E-state index in [1.807, 2.05) is 11.8 Å². The summed E-state index contributed by atoms with van der Waals surface area (Å²) in [7, 11) is 0. The number of phenols is 2. The van der Waals surface area contributed by atoms with E-state index in [0.29, 0.717) is 6.54 Å². The molecule has 0 radical (unpaired) electrons. The first kappa shape index (κ1) is 14.7. The van der Waals surface area contributed by atoms with Crippen molar-refractivity contribution < 1.29 is 15.0 Å². The van der Waals surface area contributed by atoms with Crippen LogP contribution in [0.5, 0.6) is 11.5 Å². The molecule has 1 amide bonds. The number of carbonyl (C=O) groups is 1. The first-order valence-electron chi connectivity index (χ1n) is 7.17. The number of nitrogens with one attached hydrogen (secondary N) is 1. The van der Waals surface area contributed by atoms with Crippen molar-refractivity contribution in [2.45, 2.75) is 32.2 Å². The van der Waals surface area contributed by atoms with E-state index in [9.17, 15) is 15.0 Å². The number of phenolic OH excluding ortho intramolecular Hbond substituents is 2. The van der Waals surface area contributed by atoms with Gasteiger partial charge in [-0.3, -0.25) is 4.79 Å². The molecule has 1 aromatic rings. The lowest BCUT2D eigenvalue weighted by Crippen LogP contribution is -2.46. The molecule has 3 N–H and O–H groups in total. The molecular formula is C15H22N2O3. The largest absolute Gasteiger partial charge is 0.508 e. The normalized spacial score (nSPS) is 16.1. The third kappa shape index (κ3) is 3.22. The van der Waals surface area contributed by atoms with Crippen molar-refractivity contribution in [3.63, 3.8) is 0 Å². The number of piperidine rings is 1. The van der Waals surface area contributed by atoms with Gasteiger partial charge in [0.05, 0.1) is 5.56 Å². The van der Waals surface area contributed by atoms with Gasteiger partial charge in [0, 0.05) is 12.6 Å². The zero-order valence-corrected chi connectivity index (χ0v) is 11.8. The molecule has 1 fully saturated rings. The highest BCUT2D eigenvalue weighted by Crippen LogP contribution is 2.25.